The van der Waals surface area contributed by atoms with Crippen molar-refractivity contribution >= 4 is 38.5 Å². The lowest BCUT2D eigenvalue weighted by Crippen LogP contribution is -2.28. The fourth-order valence-electron chi connectivity index (χ4n) is 2.78. The maximum absolute atomic E-state index is 12.5. The lowest BCUT2D eigenvalue weighted by molar-refractivity contribution is 0.0950. The number of carbonyl (C=O) groups is 1. The molecule has 0 unspecified atom stereocenters. The lowest BCUT2D eigenvalue weighted by atomic mass is 10.2. The predicted molar refractivity (Wildman–Crippen MR) is 105 cm³/mol. The first-order chi connectivity index (χ1) is 12.0. The second-order valence-electron chi connectivity index (χ2n) is 5.92. The van der Waals surface area contributed by atoms with Crippen molar-refractivity contribution in [2.24, 2.45) is 0 Å². The van der Waals surface area contributed by atoms with Crippen LogP contribution in [0, 0.1) is 3.57 Å². The molecule has 0 aliphatic carbocycles. The molecule has 2 aromatic carbocycles. The number of nitrogens with one attached hydrogen (secondary N) is 1. The summed E-state index contributed by atoms with van der Waals surface area (Å²) in [4.78, 5) is 12.5. The molecule has 1 heterocycles. The minimum absolute atomic E-state index is 0.140. The van der Waals surface area contributed by atoms with Crippen LogP contribution in [0.3, 0.4) is 0 Å². The number of rotatable bonds is 5. The van der Waals surface area contributed by atoms with Gasteiger partial charge in [0.2, 0.25) is 10.0 Å². The van der Waals surface area contributed by atoms with E-state index in [1.54, 1.807) is 30.3 Å². The first-order valence-corrected chi connectivity index (χ1v) is 10.6. The zero-order valence-corrected chi connectivity index (χ0v) is 16.6. The van der Waals surface area contributed by atoms with Gasteiger partial charge in [-0.2, -0.15) is 4.31 Å². The van der Waals surface area contributed by atoms with Crippen molar-refractivity contribution in [3.63, 3.8) is 0 Å². The van der Waals surface area contributed by atoms with Crippen LogP contribution in [0.1, 0.15) is 28.8 Å². The molecule has 132 valence electrons. The summed E-state index contributed by atoms with van der Waals surface area (Å²) in [7, 11) is -3.39. The van der Waals surface area contributed by atoms with Crippen LogP contribution in [0.2, 0.25) is 0 Å². The van der Waals surface area contributed by atoms with Gasteiger partial charge in [0.1, 0.15) is 0 Å². The van der Waals surface area contributed by atoms with Gasteiger partial charge in [0, 0.05) is 23.2 Å². The summed E-state index contributed by atoms with van der Waals surface area (Å²) in [5, 5.41) is 2.87. The Bertz CT molecular complexity index is 860. The van der Waals surface area contributed by atoms with Crippen molar-refractivity contribution in [1.29, 1.82) is 0 Å². The molecule has 3 rings (SSSR count). The van der Waals surface area contributed by atoms with Crippen molar-refractivity contribution < 1.29 is 13.2 Å². The fourth-order valence-corrected chi connectivity index (χ4v) is 4.93. The molecule has 1 aliphatic heterocycles. The number of hydrogen-bond acceptors (Lipinski definition) is 3. The second-order valence-corrected chi connectivity index (χ2v) is 9.02. The fraction of sp³-hybridized carbons (Fsp3) is 0.278. The SMILES string of the molecule is O=C(NCc1ccc(S(=O)(=O)N2CCCC2)cc1)c1ccccc1I. The van der Waals surface area contributed by atoms with Crippen molar-refractivity contribution in [3.8, 4) is 0 Å². The zero-order valence-electron chi connectivity index (χ0n) is 13.6. The number of benzene rings is 2. The van der Waals surface area contributed by atoms with E-state index in [1.165, 1.54) is 4.31 Å². The van der Waals surface area contributed by atoms with E-state index in [1.807, 2.05) is 18.2 Å². The molecule has 5 nitrogen and oxygen atoms in total. The Balaban J connectivity index is 1.65. The van der Waals surface area contributed by atoms with Crippen molar-refractivity contribution in [3.05, 3.63) is 63.2 Å². The van der Waals surface area contributed by atoms with Crippen molar-refractivity contribution in [2.75, 3.05) is 13.1 Å². The van der Waals surface area contributed by atoms with Gasteiger partial charge >= 0.3 is 0 Å². The minimum atomic E-state index is -3.39. The summed E-state index contributed by atoms with van der Waals surface area (Å²) in [6, 6.07) is 14.1. The van der Waals surface area contributed by atoms with Crippen LogP contribution in [-0.2, 0) is 16.6 Å². The number of hydrogen-bond donors (Lipinski definition) is 1. The normalized spacial score (nSPS) is 15.2. The Hall–Kier alpha value is -1.45. The molecule has 0 atom stereocenters. The summed E-state index contributed by atoms with van der Waals surface area (Å²) in [5.41, 5.74) is 1.50. The third-order valence-corrected chi connectivity index (χ3v) is 7.05. The molecule has 0 bridgehead atoms. The van der Waals surface area contributed by atoms with E-state index in [-0.39, 0.29) is 5.91 Å². The molecule has 25 heavy (non-hydrogen) atoms. The minimum Gasteiger partial charge on any atom is -0.348 e. The molecule has 2 aromatic rings. The maximum Gasteiger partial charge on any atom is 0.252 e. The third-order valence-electron chi connectivity index (χ3n) is 4.20. The number of halogens is 1. The van der Waals surface area contributed by atoms with E-state index in [4.69, 9.17) is 0 Å². The highest BCUT2D eigenvalue weighted by Gasteiger charge is 2.26. The second kappa shape index (κ2) is 7.84. The Morgan fingerprint density at radius 1 is 1.04 bits per heavy atom. The molecule has 7 heteroatoms. The molecule has 0 spiro atoms. The van der Waals surface area contributed by atoms with Crippen molar-refractivity contribution in [2.45, 2.75) is 24.3 Å². The van der Waals surface area contributed by atoms with E-state index in [2.05, 4.69) is 27.9 Å². The molecule has 1 amide bonds. The summed E-state index contributed by atoms with van der Waals surface area (Å²) in [6.45, 7) is 1.54. The molecule has 1 aliphatic rings. The van der Waals surface area contributed by atoms with E-state index in [0.717, 1.165) is 22.0 Å². The molecule has 0 radical (unpaired) electrons. The zero-order chi connectivity index (χ0) is 17.9. The van der Waals surface area contributed by atoms with Crippen LogP contribution in [0.5, 0.6) is 0 Å². The average Bonchev–Trinajstić information content (AvgIpc) is 3.16. The number of nitrogens with zero attached hydrogens (tertiary/aromatic N) is 1. The summed E-state index contributed by atoms with van der Waals surface area (Å²) < 4.78 is 27.4. The van der Waals surface area contributed by atoms with Gasteiger partial charge < -0.3 is 5.32 Å². The Labute approximate surface area is 161 Å². The maximum atomic E-state index is 12.5. The van der Waals surface area contributed by atoms with E-state index in [0.29, 0.717) is 30.1 Å². The predicted octanol–water partition coefficient (Wildman–Crippen LogP) is 3.01. The largest absolute Gasteiger partial charge is 0.348 e. The Morgan fingerprint density at radius 3 is 2.32 bits per heavy atom. The van der Waals surface area contributed by atoms with Crippen LogP contribution in [0.15, 0.2) is 53.4 Å². The molecule has 0 aromatic heterocycles. The van der Waals surface area contributed by atoms with Gasteiger partial charge in [0.15, 0.2) is 0 Å². The highest BCUT2D eigenvalue weighted by molar-refractivity contribution is 14.1. The van der Waals surface area contributed by atoms with Gasteiger partial charge in [-0.05, 0) is 65.3 Å². The quantitative estimate of drug-likeness (QED) is 0.684. The van der Waals surface area contributed by atoms with Crippen LogP contribution in [0.4, 0.5) is 0 Å². The molecule has 0 saturated carbocycles. The van der Waals surface area contributed by atoms with Crippen LogP contribution in [0.25, 0.3) is 0 Å². The first kappa shape index (κ1) is 18.3. The highest BCUT2D eigenvalue weighted by Crippen LogP contribution is 2.21. The monoisotopic (exact) mass is 470 g/mol. The summed E-state index contributed by atoms with van der Waals surface area (Å²) >= 11 is 2.13. The van der Waals surface area contributed by atoms with E-state index < -0.39 is 10.0 Å². The Kier molecular flexibility index (Phi) is 5.75. The number of carbonyl (C=O) groups excluding carboxylic acids is 1. The smallest absolute Gasteiger partial charge is 0.252 e. The third kappa shape index (κ3) is 4.21. The standard InChI is InChI=1S/C18H19IN2O3S/c19-17-6-2-1-5-16(17)18(22)20-13-14-7-9-15(10-8-14)25(23,24)21-11-3-4-12-21/h1-2,5-10H,3-4,11-13H2,(H,20,22). The van der Waals surface area contributed by atoms with Gasteiger partial charge in [0.05, 0.1) is 10.5 Å². The van der Waals surface area contributed by atoms with Gasteiger partial charge in [0.25, 0.3) is 5.91 Å². The topological polar surface area (TPSA) is 66.5 Å². The number of amides is 1. The van der Waals surface area contributed by atoms with Gasteiger partial charge in [-0.25, -0.2) is 8.42 Å². The van der Waals surface area contributed by atoms with Gasteiger partial charge in [-0.15, -0.1) is 0 Å². The average molecular weight is 470 g/mol. The molecule has 1 saturated heterocycles. The van der Waals surface area contributed by atoms with Crippen LogP contribution in [-0.4, -0.2) is 31.7 Å². The van der Waals surface area contributed by atoms with Crippen molar-refractivity contribution in [1.82, 2.24) is 9.62 Å². The lowest BCUT2D eigenvalue weighted by Gasteiger charge is -2.15. The number of sulfonamides is 1. The highest BCUT2D eigenvalue weighted by atomic mass is 127. The first-order valence-electron chi connectivity index (χ1n) is 8.10. The summed E-state index contributed by atoms with van der Waals surface area (Å²) in [6.07, 6.45) is 1.84. The van der Waals surface area contributed by atoms with Gasteiger partial charge in [-0.3, -0.25) is 4.79 Å². The molecular formula is C18H19IN2O3S. The van der Waals surface area contributed by atoms with Crippen LogP contribution >= 0.6 is 22.6 Å². The van der Waals surface area contributed by atoms with Gasteiger partial charge in [-0.1, -0.05) is 24.3 Å². The molecular weight excluding hydrogens is 451 g/mol. The van der Waals surface area contributed by atoms with Crippen LogP contribution < -0.4 is 5.32 Å². The molecule has 1 fully saturated rings. The van der Waals surface area contributed by atoms with E-state index >= 15 is 0 Å². The molecule has 1 N–H and O–H groups in total. The Morgan fingerprint density at radius 2 is 1.68 bits per heavy atom. The summed E-state index contributed by atoms with van der Waals surface area (Å²) in [5.74, 6) is -0.140. The van der Waals surface area contributed by atoms with E-state index in [9.17, 15) is 13.2 Å².